The van der Waals surface area contributed by atoms with E-state index in [4.69, 9.17) is 10.5 Å². The zero-order chi connectivity index (χ0) is 27.9. The van der Waals surface area contributed by atoms with Gasteiger partial charge in [0.1, 0.15) is 0 Å². The lowest BCUT2D eigenvalue weighted by Gasteiger charge is -2.17. The van der Waals surface area contributed by atoms with E-state index in [9.17, 15) is 9.59 Å². The molecule has 2 aromatic rings. The van der Waals surface area contributed by atoms with E-state index < -0.39 is 0 Å². The zero-order valence-electron chi connectivity index (χ0n) is 24.0. The number of aryl methyl sites for hydroxylation is 2. The quantitative estimate of drug-likeness (QED) is 0.232. The molecule has 0 aliphatic heterocycles. The van der Waals surface area contributed by atoms with Crippen molar-refractivity contribution >= 4 is 23.3 Å². The number of nitrogens with two attached hydrogens (primary N) is 1. The first-order valence-corrected chi connectivity index (χ1v) is 12.9. The Kier molecular flexibility index (Phi) is 22.1. The molecule has 0 atom stereocenters. The number of hydrogen-bond donors (Lipinski definition) is 3. The second-order valence-corrected chi connectivity index (χ2v) is 8.06. The van der Waals surface area contributed by atoms with Crippen molar-refractivity contribution in [3.8, 4) is 0 Å². The molecular weight excluding hydrogens is 452 g/mol. The molecule has 0 heterocycles. The fraction of sp³-hybridized carbons (Fsp3) is 0.517. The molecule has 36 heavy (non-hydrogen) atoms. The highest BCUT2D eigenvalue weighted by molar-refractivity contribution is 5.93. The maximum atomic E-state index is 12.0. The van der Waals surface area contributed by atoms with Gasteiger partial charge in [-0.2, -0.15) is 0 Å². The summed E-state index contributed by atoms with van der Waals surface area (Å²) in [5.41, 5.74) is 9.77. The molecule has 0 aliphatic rings. The van der Waals surface area contributed by atoms with Crippen molar-refractivity contribution in [1.82, 2.24) is 10.2 Å². The predicted molar refractivity (Wildman–Crippen MR) is 155 cm³/mol. The minimum absolute atomic E-state index is 0.0457. The van der Waals surface area contributed by atoms with Crippen LogP contribution in [-0.2, 0) is 9.53 Å². The summed E-state index contributed by atoms with van der Waals surface area (Å²) in [6, 6.07) is 12.7. The van der Waals surface area contributed by atoms with Crippen molar-refractivity contribution in [2.75, 3.05) is 51.4 Å². The van der Waals surface area contributed by atoms with Gasteiger partial charge in [-0.15, -0.1) is 0 Å². The Labute approximate surface area is 219 Å². The molecule has 7 heteroatoms. The third-order valence-corrected chi connectivity index (χ3v) is 4.55. The van der Waals surface area contributed by atoms with Gasteiger partial charge in [-0.05, 0) is 89.8 Å². The molecule has 0 aliphatic carbocycles. The number of para-hydroxylation sites is 1. The summed E-state index contributed by atoms with van der Waals surface area (Å²) in [4.78, 5) is 25.1. The fourth-order valence-corrected chi connectivity index (χ4v) is 2.87. The molecule has 0 unspecified atom stereocenters. The largest absolute Gasteiger partial charge is 0.462 e. The molecular formula is C29H50N4O3. The van der Waals surface area contributed by atoms with Crippen LogP contribution in [-0.4, -0.2) is 57.1 Å². The lowest BCUT2D eigenvalue weighted by Crippen LogP contribution is -2.32. The lowest BCUT2D eigenvalue weighted by molar-refractivity contribution is -0.117. The monoisotopic (exact) mass is 502 g/mol. The van der Waals surface area contributed by atoms with Crippen LogP contribution in [0.15, 0.2) is 42.5 Å². The van der Waals surface area contributed by atoms with Gasteiger partial charge in [-0.3, -0.25) is 9.69 Å². The number of nitrogen functional groups attached to an aromatic ring is 1. The van der Waals surface area contributed by atoms with Crippen molar-refractivity contribution in [1.29, 1.82) is 0 Å². The molecule has 0 saturated carbocycles. The van der Waals surface area contributed by atoms with Crippen molar-refractivity contribution < 1.29 is 14.3 Å². The zero-order valence-corrected chi connectivity index (χ0v) is 24.0. The molecule has 2 aromatic carbocycles. The Balaban J connectivity index is 0. The molecule has 0 fully saturated rings. The van der Waals surface area contributed by atoms with Crippen molar-refractivity contribution in [2.45, 2.75) is 61.3 Å². The summed E-state index contributed by atoms with van der Waals surface area (Å²) in [5, 5.41) is 6.11. The van der Waals surface area contributed by atoms with Gasteiger partial charge in [0.2, 0.25) is 5.91 Å². The SMILES string of the molecule is CC.CCC.CCOC(=O)c1ccc(N)cc1.CNCCCN(C)CC(=O)Nc1c(C)cccc1C. The molecule has 0 radical (unpaired) electrons. The maximum Gasteiger partial charge on any atom is 0.338 e. The summed E-state index contributed by atoms with van der Waals surface area (Å²) in [7, 11) is 3.91. The molecule has 1 amide bonds. The Hall–Kier alpha value is -2.90. The number of likely N-dealkylation sites (N-methyl/N-ethyl adjacent to an activating group) is 1. The fourth-order valence-electron chi connectivity index (χ4n) is 2.87. The van der Waals surface area contributed by atoms with E-state index in [-0.39, 0.29) is 11.9 Å². The van der Waals surface area contributed by atoms with Crippen molar-refractivity contribution in [3.63, 3.8) is 0 Å². The van der Waals surface area contributed by atoms with Gasteiger partial charge in [0.05, 0.1) is 18.7 Å². The second kappa shape index (κ2) is 22.6. The topological polar surface area (TPSA) is 96.7 Å². The van der Waals surface area contributed by atoms with E-state index in [1.54, 1.807) is 31.2 Å². The number of benzene rings is 2. The predicted octanol–water partition coefficient (Wildman–Crippen LogP) is 5.67. The average Bonchev–Trinajstić information content (AvgIpc) is 2.84. The minimum atomic E-state index is -0.308. The van der Waals surface area contributed by atoms with Crippen molar-refractivity contribution in [2.24, 2.45) is 0 Å². The van der Waals surface area contributed by atoms with Crippen LogP contribution < -0.4 is 16.4 Å². The van der Waals surface area contributed by atoms with Crippen LogP contribution in [0.2, 0.25) is 0 Å². The second-order valence-electron chi connectivity index (χ2n) is 8.06. The van der Waals surface area contributed by atoms with Crippen molar-refractivity contribution in [3.05, 3.63) is 59.2 Å². The van der Waals surface area contributed by atoms with Gasteiger partial charge in [0.15, 0.2) is 0 Å². The van der Waals surface area contributed by atoms with E-state index in [0.717, 1.165) is 36.3 Å². The standard InChI is InChI=1S/C15H25N3O.C9H11NO2.C3H8.C2H6/c1-12-7-5-8-13(2)15(12)17-14(19)11-18(4)10-6-9-16-3;1-2-12-9(11)7-3-5-8(10)6-4-7;1-3-2;1-2/h5,7-8,16H,6,9-11H2,1-4H3,(H,17,19);3-6H,2,10H2,1H3;3H2,1-2H3;1-2H3. The Bertz CT molecular complexity index is 819. The molecule has 7 nitrogen and oxygen atoms in total. The third kappa shape index (κ3) is 16.7. The first-order chi connectivity index (χ1) is 17.2. The summed E-state index contributed by atoms with van der Waals surface area (Å²) in [6.45, 7) is 16.8. The number of carbonyl (C=O) groups is 2. The van der Waals surface area contributed by atoms with E-state index in [2.05, 4.69) is 24.5 Å². The van der Waals surface area contributed by atoms with Gasteiger partial charge >= 0.3 is 5.97 Å². The number of carbonyl (C=O) groups excluding carboxylic acids is 2. The summed E-state index contributed by atoms with van der Waals surface area (Å²) < 4.78 is 4.79. The molecule has 0 bridgehead atoms. The first-order valence-electron chi connectivity index (χ1n) is 12.9. The molecule has 204 valence electrons. The smallest absolute Gasteiger partial charge is 0.338 e. The Morgan fingerprint density at radius 1 is 0.972 bits per heavy atom. The van der Waals surface area contributed by atoms with Crippen LogP contribution in [0, 0.1) is 13.8 Å². The number of esters is 1. The number of nitrogens with one attached hydrogen (secondary N) is 2. The van der Waals surface area contributed by atoms with Crippen LogP contribution in [0.3, 0.4) is 0 Å². The Morgan fingerprint density at radius 2 is 1.50 bits per heavy atom. The number of anilines is 2. The summed E-state index contributed by atoms with van der Waals surface area (Å²) in [5.74, 6) is -0.262. The maximum absolute atomic E-state index is 12.0. The number of hydrogen-bond acceptors (Lipinski definition) is 6. The van der Waals surface area contributed by atoms with E-state index in [1.807, 2.05) is 64.9 Å². The molecule has 0 saturated heterocycles. The highest BCUT2D eigenvalue weighted by atomic mass is 16.5. The molecule has 0 aromatic heterocycles. The van der Waals surface area contributed by atoms with Gasteiger partial charge < -0.3 is 21.1 Å². The highest BCUT2D eigenvalue weighted by Gasteiger charge is 2.09. The van der Waals surface area contributed by atoms with Gasteiger partial charge in [0, 0.05) is 11.4 Å². The molecule has 2 rings (SSSR count). The summed E-state index contributed by atoms with van der Waals surface area (Å²) >= 11 is 0. The van der Waals surface area contributed by atoms with Crippen LogP contribution >= 0.6 is 0 Å². The van der Waals surface area contributed by atoms with Crippen LogP contribution in [0.4, 0.5) is 11.4 Å². The van der Waals surface area contributed by atoms with Crippen LogP contribution in [0.25, 0.3) is 0 Å². The van der Waals surface area contributed by atoms with E-state index in [0.29, 0.717) is 24.4 Å². The number of ether oxygens (including phenoxy) is 1. The van der Waals surface area contributed by atoms with Crippen LogP contribution in [0.1, 0.15) is 68.9 Å². The van der Waals surface area contributed by atoms with E-state index >= 15 is 0 Å². The molecule has 0 spiro atoms. The Morgan fingerprint density at radius 3 is 1.97 bits per heavy atom. The number of rotatable bonds is 9. The minimum Gasteiger partial charge on any atom is -0.462 e. The third-order valence-electron chi connectivity index (χ3n) is 4.55. The van der Waals surface area contributed by atoms with Gasteiger partial charge in [0.25, 0.3) is 0 Å². The van der Waals surface area contributed by atoms with Gasteiger partial charge in [-0.1, -0.05) is 52.3 Å². The average molecular weight is 503 g/mol. The lowest BCUT2D eigenvalue weighted by atomic mass is 10.1. The number of amides is 1. The van der Waals surface area contributed by atoms with Gasteiger partial charge in [-0.25, -0.2) is 4.79 Å². The molecule has 4 N–H and O–H groups in total. The number of nitrogens with zero attached hydrogens (tertiary/aromatic N) is 1. The summed E-state index contributed by atoms with van der Waals surface area (Å²) in [6.07, 6.45) is 2.30. The highest BCUT2D eigenvalue weighted by Crippen LogP contribution is 2.19. The normalized spacial score (nSPS) is 9.50. The first kappa shape index (κ1) is 35.3. The van der Waals surface area contributed by atoms with Crippen LogP contribution in [0.5, 0.6) is 0 Å². The van der Waals surface area contributed by atoms with E-state index in [1.165, 1.54) is 6.42 Å².